The number of benzene rings is 1. The number of halogens is 1. The number of piperazine rings is 1. The van der Waals surface area contributed by atoms with Gasteiger partial charge in [0.15, 0.2) is 11.6 Å². The SMILES string of the molecule is Fc1cncnc1N1CCC(OCC#CCN2CCN(c3ccccc3)CC2)CC1. The van der Waals surface area contributed by atoms with E-state index in [1.165, 1.54) is 18.2 Å². The highest BCUT2D eigenvalue weighted by molar-refractivity contribution is 5.46. The van der Waals surface area contributed by atoms with E-state index < -0.39 is 0 Å². The lowest BCUT2D eigenvalue weighted by Gasteiger charge is -2.35. The molecule has 2 aliphatic heterocycles. The highest BCUT2D eigenvalue weighted by Crippen LogP contribution is 2.21. The fraction of sp³-hybridized carbons (Fsp3) is 0.478. The Labute approximate surface area is 177 Å². The van der Waals surface area contributed by atoms with Gasteiger partial charge >= 0.3 is 0 Å². The van der Waals surface area contributed by atoms with Crippen LogP contribution in [0, 0.1) is 17.7 Å². The molecule has 0 N–H and O–H groups in total. The quantitative estimate of drug-likeness (QED) is 0.707. The highest BCUT2D eigenvalue weighted by atomic mass is 19.1. The molecule has 0 bridgehead atoms. The molecule has 0 aliphatic carbocycles. The van der Waals surface area contributed by atoms with Crippen LogP contribution in [0.4, 0.5) is 15.9 Å². The van der Waals surface area contributed by atoms with E-state index in [9.17, 15) is 4.39 Å². The number of hydrogen-bond acceptors (Lipinski definition) is 6. The van der Waals surface area contributed by atoms with E-state index in [1.54, 1.807) is 0 Å². The fourth-order valence-electron chi connectivity index (χ4n) is 3.95. The summed E-state index contributed by atoms with van der Waals surface area (Å²) < 4.78 is 19.7. The van der Waals surface area contributed by atoms with Gasteiger partial charge in [0.05, 0.1) is 18.8 Å². The number of piperidine rings is 1. The van der Waals surface area contributed by atoms with E-state index in [4.69, 9.17) is 4.74 Å². The molecule has 2 saturated heterocycles. The first-order chi connectivity index (χ1) is 14.8. The predicted molar refractivity (Wildman–Crippen MR) is 116 cm³/mol. The maximum Gasteiger partial charge on any atom is 0.183 e. The third-order valence-electron chi connectivity index (χ3n) is 5.70. The number of aromatic nitrogens is 2. The van der Waals surface area contributed by atoms with Crippen molar-refractivity contribution >= 4 is 11.5 Å². The van der Waals surface area contributed by atoms with Crippen molar-refractivity contribution in [2.75, 3.05) is 62.2 Å². The summed E-state index contributed by atoms with van der Waals surface area (Å²) in [6, 6.07) is 10.6. The summed E-state index contributed by atoms with van der Waals surface area (Å²) in [6.45, 7) is 6.84. The minimum absolute atomic E-state index is 0.176. The van der Waals surface area contributed by atoms with E-state index >= 15 is 0 Å². The van der Waals surface area contributed by atoms with Gasteiger partial charge in [-0.05, 0) is 25.0 Å². The van der Waals surface area contributed by atoms with Crippen molar-refractivity contribution in [3.63, 3.8) is 0 Å². The van der Waals surface area contributed by atoms with Crippen LogP contribution in [0.3, 0.4) is 0 Å². The third kappa shape index (κ3) is 5.47. The van der Waals surface area contributed by atoms with Crippen molar-refractivity contribution in [1.82, 2.24) is 14.9 Å². The Bertz CT molecular complexity index is 853. The van der Waals surface area contributed by atoms with Gasteiger partial charge in [-0.1, -0.05) is 30.0 Å². The van der Waals surface area contributed by atoms with Gasteiger partial charge in [0.1, 0.15) is 12.9 Å². The van der Waals surface area contributed by atoms with Crippen LogP contribution in [0.5, 0.6) is 0 Å². The topological polar surface area (TPSA) is 44.7 Å². The maximum absolute atomic E-state index is 13.8. The Morgan fingerprint density at radius 3 is 2.47 bits per heavy atom. The average molecular weight is 410 g/mol. The van der Waals surface area contributed by atoms with Crippen molar-refractivity contribution in [3.8, 4) is 11.8 Å². The highest BCUT2D eigenvalue weighted by Gasteiger charge is 2.22. The molecule has 0 atom stereocenters. The lowest BCUT2D eigenvalue weighted by Crippen LogP contribution is -2.46. The Hall–Kier alpha value is -2.69. The molecule has 0 unspecified atom stereocenters. The minimum Gasteiger partial charge on any atom is -0.369 e. The smallest absolute Gasteiger partial charge is 0.183 e. The largest absolute Gasteiger partial charge is 0.369 e. The summed E-state index contributed by atoms with van der Waals surface area (Å²) in [4.78, 5) is 14.5. The summed E-state index contributed by atoms with van der Waals surface area (Å²) in [7, 11) is 0. The van der Waals surface area contributed by atoms with Crippen LogP contribution in [-0.2, 0) is 4.74 Å². The molecule has 3 heterocycles. The standard InChI is InChI=1S/C23H28FN5O/c24-22-18-25-19-26-23(22)29-11-8-21(9-12-29)30-17-5-4-10-27-13-15-28(16-14-27)20-6-2-1-3-7-20/h1-3,6-7,18-19,21H,8-17H2. The van der Waals surface area contributed by atoms with Gasteiger partial charge in [0, 0.05) is 45.0 Å². The molecule has 1 aromatic carbocycles. The zero-order chi connectivity index (χ0) is 20.6. The number of rotatable bonds is 5. The number of para-hydroxylation sites is 1. The molecule has 1 aromatic heterocycles. The van der Waals surface area contributed by atoms with Crippen molar-refractivity contribution in [2.24, 2.45) is 0 Å². The second-order valence-corrected chi connectivity index (χ2v) is 7.64. The van der Waals surface area contributed by atoms with Crippen LogP contribution < -0.4 is 9.80 Å². The summed E-state index contributed by atoms with van der Waals surface area (Å²) in [6.07, 6.45) is 4.48. The first kappa shape index (κ1) is 20.6. The second kappa shape index (κ2) is 10.4. The molecule has 0 radical (unpaired) electrons. The maximum atomic E-state index is 13.8. The lowest BCUT2D eigenvalue weighted by atomic mass is 10.1. The van der Waals surface area contributed by atoms with E-state index in [0.29, 0.717) is 12.4 Å². The average Bonchev–Trinajstić information content (AvgIpc) is 2.81. The summed E-state index contributed by atoms with van der Waals surface area (Å²) in [5, 5.41) is 0. The van der Waals surface area contributed by atoms with Crippen molar-refractivity contribution in [2.45, 2.75) is 18.9 Å². The van der Waals surface area contributed by atoms with Crippen LogP contribution in [0.1, 0.15) is 12.8 Å². The van der Waals surface area contributed by atoms with Gasteiger partial charge in [-0.2, -0.15) is 0 Å². The number of anilines is 2. The molecule has 0 amide bonds. The van der Waals surface area contributed by atoms with Crippen LogP contribution in [0.25, 0.3) is 0 Å². The lowest BCUT2D eigenvalue weighted by molar-refractivity contribution is 0.0592. The first-order valence-electron chi connectivity index (χ1n) is 10.6. The van der Waals surface area contributed by atoms with Gasteiger partial charge in [-0.25, -0.2) is 14.4 Å². The van der Waals surface area contributed by atoms with Crippen LogP contribution in [-0.4, -0.2) is 73.4 Å². The van der Waals surface area contributed by atoms with Crippen LogP contribution in [0.2, 0.25) is 0 Å². The second-order valence-electron chi connectivity index (χ2n) is 7.64. The van der Waals surface area contributed by atoms with E-state index in [1.807, 2.05) is 4.90 Å². The Morgan fingerprint density at radius 2 is 1.73 bits per heavy atom. The zero-order valence-corrected chi connectivity index (χ0v) is 17.2. The van der Waals surface area contributed by atoms with E-state index in [0.717, 1.165) is 58.7 Å². The van der Waals surface area contributed by atoms with Crippen LogP contribution >= 0.6 is 0 Å². The Kier molecular flexibility index (Phi) is 7.11. The third-order valence-corrected chi connectivity index (χ3v) is 5.70. The van der Waals surface area contributed by atoms with Crippen molar-refractivity contribution in [1.29, 1.82) is 0 Å². The van der Waals surface area contributed by atoms with E-state index in [-0.39, 0.29) is 11.9 Å². The monoisotopic (exact) mass is 409 g/mol. The molecular weight excluding hydrogens is 381 g/mol. The minimum atomic E-state index is -0.368. The molecule has 4 rings (SSSR count). The fourth-order valence-corrected chi connectivity index (χ4v) is 3.95. The first-order valence-corrected chi connectivity index (χ1v) is 10.6. The summed E-state index contributed by atoms with van der Waals surface area (Å²) >= 11 is 0. The van der Waals surface area contributed by atoms with Crippen LogP contribution in [0.15, 0.2) is 42.9 Å². The summed E-state index contributed by atoms with van der Waals surface area (Å²) in [5.41, 5.74) is 1.30. The van der Waals surface area contributed by atoms with Gasteiger partial charge in [0.2, 0.25) is 0 Å². The molecule has 158 valence electrons. The van der Waals surface area contributed by atoms with Gasteiger partial charge in [0.25, 0.3) is 0 Å². The molecule has 2 aliphatic rings. The number of nitrogens with zero attached hydrogens (tertiary/aromatic N) is 5. The predicted octanol–water partition coefficient (Wildman–Crippen LogP) is 2.43. The van der Waals surface area contributed by atoms with E-state index in [2.05, 4.69) is 61.9 Å². The molecule has 6 nitrogen and oxygen atoms in total. The Morgan fingerprint density at radius 1 is 0.967 bits per heavy atom. The van der Waals surface area contributed by atoms with Gasteiger partial charge in [-0.3, -0.25) is 4.90 Å². The molecule has 0 saturated carbocycles. The Balaban J connectivity index is 1.12. The van der Waals surface area contributed by atoms with Crippen molar-refractivity contribution in [3.05, 3.63) is 48.7 Å². The summed E-state index contributed by atoms with van der Waals surface area (Å²) in [5.74, 6) is 6.42. The van der Waals surface area contributed by atoms with Crippen molar-refractivity contribution < 1.29 is 9.13 Å². The molecule has 2 fully saturated rings. The molecular formula is C23H28FN5O. The molecule has 0 spiro atoms. The van der Waals surface area contributed by atoms with Gasteiger partial charge in [-0.15, -0.1) is 0 Å². The van der Waals surface area contributed by atoms with Gasteiger partial charge < -0.3 is 14.5 Å². The normalized spacial score (nSPS) is 18.2. The number of ether oxygens (including phenoxy) is 1. The molecule has 7 heteroatoms. The zero-order valence-electron chi connectivity index (χ0n) is 17.2. The number of hydrogen-bond donors (Lipinski definition) is 0. The molecule has 2 aromatic rings. The molecule has 30 heavy (non-hydrogen) atoms.